The standard InChI is InChI=1S/C12H19F2N3/c1-15-5-3-11-8-17(9-16-11)7-10-2-4-12(13,14)6-10/h8-10,15H,2-7H2,1H3. The second kappa shape index (κ2) is 5.12. The molecule has 1 heterocycles. The molecular formula is C12H19F2N3. The third-order valence-electron chi connectivity index (χ3n) is 3.29. The van der Waals surface area contributed by atoms with E-state index in [0.717, 1.165) is 18.7 Å². The van der Waals surface area contributed by atoms with Crippen molar-refractivity contribution in [3.63, 3.8) is 0 Å². The smallest absolute Gasteiger partial charge is 0.248 e. The zero-order valence-electron chi connectivity index (χ0n) is 10.1. The molecule has 0 aliphatic heterocycles. The molecule has 0 saturated heterocycles. The second-order valence-corrected chi connectivity index (χ2v) is 4.88. The summed E-state index contributed by atoms with van der Waals surface area (Å²) in [6, 6.07) is 0. The molecule has 1 N–H and O–H groups in total. The molecule has 0 aromatic carbocycles. The molecule has 1 aromatic heterocycles. The maximum atomic E-state index is 13.0. The molecule has 5 heteroatoms. The lowest BCUT2D eigenvalue weighted by Crippen LogP contribution is -2.12. The van der Waals surface area contributed by atoms with E-state index in [4.69, 9.17) is 0 Å². The Morgan fingerprint density at radius 3 is 3.06 bits per heavy atom. The first-order valence-corrected chi connectivity index (χ1v) is 6.12. The Hall–Kier alpha value is -0.970. The predicted octanol–water partition coefficient (Wildman–Crippen LogP) is 2.08. The van der Waals surface area contributed by atoms with E-state index in [1.807, 2.05) is 17.8 Å². The maximum Gasteiger partial charge on any atom is 0.248 e. The van der Waals surface area contributed by atoms with Crippen molar-refractivity contribution >= 4 is 0 Å². The van der Waals surface area contributed by atoms with Gasteiger partial charge in [-0.1, -0.05) is 0 Å². The van der Waals surface area contributed by atoms with Crippen molar-refractivity contribution in [3.8, 4) is 0 Å². The molecule has 1 atom stereocenters. The molecular weight excluding hydrogens is 224 g/mol. The third kappa shape index (κ3) is 3.49. The van der Waals surface area contributed by atoms with Gasteiger partial charge in [-0.3, -0.25) is 0 Å². The maximum absolute atomic E-state index is 13.0. The highest BCUT2D eigenvalue weighted by Gasteiger charge is 2.39. The number of halogens is 2. The Morgan fingerprint density at radius 1 is 1.59 bits per heavy atom. The molecule has 3 nitrogen and oxygen atoms in total. The lowest BCUT2D eigenvalue weighted by Gasteiger charge is -2.10. The van der Waals surface area contributed by atoms with Crippen molar-refractivity contribution in [2.75, 3.05) is 13.6 Å². The van der Waals surface area contributed by atoms with Crippen molar-refractivity contribution in [2.24, 2.45) is 5.92 Å². The van der Waals surface area contributed by atoms with E-state index in [-0.39, 0.29) is 18.8 Å². The van der Waals surface area contributed by atoms with E-state index in [1.165, 1.54) is 0 Å². The van der Waals surface area contributed by atoms with Crippen LogP contribution in [0.5, 0.6) is 0 Å². The molecule has 1 aromatic rings. The van der Waals surface area contributed by atoms with Crippen LogP contribution >= 0.6 is 0 Å². The molecule has 1 fully saturated rings. The van der Waals surface area contributed by atoms with Gasteiger partial charge in [-0.15, -0.1) is 0 Å². The van der Waals surface area contributed by atoms with Gasteiger partial charge in [0.1, 0.15) is 0 Å². The van der Waals surface area contributed by atoms with E-state index in [1.54, 1.807) is 6.33 Å². The monoisotopic (exact) mass is 243 g/mol. The van der Waals surface area contributed by atoms with Crippen LogP contribution in [0.3, 0.4) is 0 Å². The molecule has 1 saturated carbocycles. The van der Waals surface area contributed by atoms with Gasteiger partial charge in [-0.05, 0) is 19.4 Å². The van der Waals surface area contributed by atoms with Crippen molar-refractivity contribution < 1.29 is 8.78 Å². The molecule has 0 radical (unpaired) electrons. The van der Waals surface area contributed by atoms with Crippen molar-refractivity contribution in [1.29, 1.82) is 0 Å². The number of hydrogen-bond acceptors (Lipinski definition) is 2. The fourth-order valence-electron chi connectivity index (χ4n) is 2.38. The average molecular weight is 243 g/mol. The van der Waals surface area contributed by atoms with E-state index in [0.29, 0.717) is 13.0 Å². The van der Waals surface area contributed by atoms with Crippen LogP contribution < -0.4 is 5.32 Å². The summed E-state index contributed by atoms with van der Waals surface area (Å²) in [6.45, 7) is 1.56. The number of hydrogen-bond donors (Lipinski definition) is 1. The summed E-state index contributed by atoms with van der Waals surface area (Å²) in [7, 11) is 1.90. The third-order valence-corrected chi connectivity index (χ3v) is 3.29. The first-order valence-electron chi connectivity index (χ1n) is 6.12. The molecule has 1 unspecified atom stereocenters. The normalized spacial score (nSPS) is 23.1. The van der Waals surface area contributed by atoms with Crippen LogP contribution in [0.4, 0.5) is 8.78 Å². The van der Waals surface area contributed by atoms with Crippen molar-refractivity contribution in [3.05, 3.63) is 18.2 Å². The topological polar surface area (TPSA) is 29.9 Å². The van der Waals surface area contributed by atoms with Gasteiger partial charge in [0.25, 0.3) is 0 Å². The van der Waals surface area contributed by atoms with Crippen molar-refractivity contribution in [2.45, 2.75) is 38.2 Å². The minimum atomic E-state index is -2.44. The number of likely N-dealkylation sites (N-methyl/N-ethyl adjacent to an activating group) is 1. The van der Waals surface area contributed by atoms with Gasteiger partial charge in [0.05, 0.1) is 12.0 Å². The summed E-state index contributed by atoms with van der Waals surface area (Å²) in [4.78, 5) is 4.27. The number of nitrogens with one attached hydrogen (secondary N) is 1. The Labute approximate surface area is 100 Å². The van der Waals surface area contributed by atoms with E-state index >= 15 is 0 Å². The minimum Gasteiger partial charge on any atom is -0.337 e. The summed E-state index contributed by atoms with van der Waals surface area (Å²) in [6.07, 6.45) is 5.28. The summed E-state index contributed by atoms with van der Waals surface area (Å²) in [5.74, 6) is -2.35. The highest BCUT2D eigenvalue weighted by molar-refractivity contribution is 4.98. The van der Waals surface area contributed by atoms with Gasteiger partial charge in [-0.2, -0.15) is 0 Å². The summed E-state index contributed by atoms with van der Waals surface area (Å²) >= 11 is 0. The molecule has 0 amide bonds. The van der Waals surface area contributed by atoms with Gasteiger partial charge in [0.2, 0.25) is 5.92 Å². The fourth-order valence-corrected chi connectivity index (χ4v) is 2.38. The molecule has 17 heavy (non-hydrogen) atoms. The van der Waals surface area contributed by atoms with Crippen LogP contribution in [0, 0.1) is 5.92 Å². The molecule has 2 rings (SSSR count). The molecule has 1 aliphatic rings. The van der Waals surface area contributed by atoms with Crippen LogP contribution in [-0.4, -0.2) is 29.1 Å². The minimum absolute atomic E-state index is 0.0248. The van der Waals surface area contributed by atoms with Crippen LogP contribution in [0.15, 0.2) is 12.5 Å². The quantitative estimate of drug-likeness (QED) is 0.858. The fraction of sp³-hybridized carbons (Fsp3) is 0.750. The van der Waals surface area contributed by atoms with E-state index in [2.05, 4.69) is 10.3 Å². The summed E-state index contributed by atoms with van der Waals surface area (Å²) in [5, 5.41) is 3.06. The zero-order valence-corrected chi connectivity index (χ0v) is 10.1. The zero-order chi connectivity index (χ0) is 12.3. The lowest BCUT2D eigenvalue weighted by molar-refractivity contribution is 0.00436. The van der Waals surface area contributed by atoms with E-state index < -0.39 is 5.92 Å². The van der Waals surface area contributed by atoms with Gasteiger partial charge in [-0.25, -0.2) is 13.8 Å². The Kier molecular flexibility index (Phi) is 3.76. The Bertz CT molecular complexity index is 362. The average Bonchev–Trinajstić information content (AvgIpc) is 2.83. The Balaban J connectivity index is 1.85. The van der Waals surface area contributed by atoms with Gasteiger partial charge in [0.15, 0.2) is 0 Å². The number of rotatable bonds is 5. The van der Waals surface area contributed by atoms with Gasteiger partial charge >= 0.3 is 0 Å². The van der Waals surface area contributed by atoms with E-state index in [9.17, 15) is 8.78 Å². The first kappa shape index (κ1) is 12.5. The van der Waals surface area contributed by atoms with Crippen LogP contribution in [0.1, 0.15) is 25.0 Å². The number of alkyl halides is 2. The number of nitrogens with zero attached hydrogens (tertiary/aromatic N) is 2. The summed E-state index contributed by atoms with van der Waals surface area (Å²) in [5.41, 5.74) is 1.02. The molecule has 1 aliphatic carbocycles. The molecule has 0 spiro atoms. The summed E-state index contributed by atoms with van der Waals surface area (Å²) < 4.78 is 28.0. The number of imidazole rings is 1. The van der Waals surface area contributed by atoms with Gasteiger partial charge < -0.3 is 9.88 Å². The number of aromatic nitrogens is 2. The molecule has 96 valence electrons. The van der Waals surface area contributed by atoms with Gasteiger partial charge in [0, 0.05) is 38.5 Å². The first-order chi connectivity index (χ1) is 8.09. The Morgan fingerprint density at radius 2 is 2.41 bits per heavy atom. The van der Waals surface area contributed by atoms with Crippen LogP contribution in [-0.2, 0) is 13.0 Å². The highest BCUT2D eigenvalue weighted by atomic mass is 19.3. The predicted molar refractivity (Wildman–Crippen MR) is 62.1 cm³/mol. The van der Waals surface area contributed by atoms with Crippen molar-refractivity contribution in [1.82, 2.24) is 14.9 Å². The second-order valence-electron chi connectivity index (χ2n) is 4.88. The highest BCUT2D eigenvalue weighted by Crippen LogP contribution is 2.39. The largest absolute Gasteiger partial charge is 0.337 e. The van der Waals surface area contributed by atoms with Crippen LogP contribution in [0.25, 0.3) is 0 Å². The SMILES string of the molecule is CNCCc1cn(CC2CCC(F)(F)C2)cn1. The lowest BCUT2D eigenvalue weighted by atomic mass is 10.1. The van der Waals surface area contributed by atoms with Crippen LogP contribution in [0.2, 0.25) is 0 Å². The molecule has 0 bridgehead atoms.